The average molecular weight is 339 g/mol. The minimum absolute atomic E-state index is 0.0978. The molecule has 0 radical (unpaired) electrons. The minimum Gasteiger partial charge on any atom is -0.495 e. The van der Waals surface area contributed by atoms with E-state index in [1.807, 2.05) is 0 Å². The van der Waals surface area contributed by atoms with Crippen molar-refractivity contribution in [3.63, 3.8) is 0 Å². The molecule has 0 aliphatic heterocycles. The number of ether oxygens (including phenoxy) is 1. The molecule has 0 atom stereocenters. The van der Waals surface area contributed by atoms with Gasteiger partial charge in [-0.3, -0.25) is 0 Å². The molecule has 2 aromatic carbocycles. The number of halogens is 2. The van der Waals surface area contributed by atoms with Gasteiger partial charge in [-0.15, -0.1) is 0 Å². The van der Waals surface area contributed by atoms with Gasteiger partial charge in [0.05, 0.1) is 18.5 Å². The Morgan fingerprint density at radius 3 is 2.55 bits per heavy atom. The molecule has 2 N–H and O–H groups in total. The number of carbonyl (C=O) groups is 1. The molecule has 0 spiro atoms. The quantitative estimate of drug-likeness (QED) is 0.879. The van der Waals surface area contributed by atoms with E-state index < -0.39 is 11.8 Å². The SMILES string of the molecule is COc1ccccc1NC(=O)Nc1ccc(Br)cc1F. The summed E-state index contributed by atoms with van der Waals surface area (Å²) in [5, 5.41) is 5.03. The lowest BCUT2D eigenvalue weighted by atomic mass is 10.3. The second-order valence-corrected chi connectivity index (χ2v) is 4.82. The Morgan fingerprint density at radius 2 is 1.85 bits per heavy atom. The maximum atomic E-state index is 13.6. The molecule has 0 unspecified atom stereocenters. The second-order valence-electron chi connectivity index (χ2n) is 3.90. The van der Waals surface area contributed by atoms with Crippen LogP contribution >= 0.6 is 15.9 Å². The van der Waals surface area contributed by atoms with Gasteiger partial charge < -0.3 is 15.4 Å². The molecular weight excluding hydrogens is 327 g/mol. The first-order valence-corrected chi connectivity index (χ1v) is 6.55. The molecule has 0 saturated heterocycles. The first kappa shape index (κ1) is 14.3. The molecule has 0 aromatic heterocycles. The molecule has 20 heavy (non-hydrogen) atoms. The van der Waals surface area contributed by atoms with Crippen LogP contribution in [-0.4, -0.2) is 13.1 Å². The van der Waals surface area contributed by atoms with Gasteiger partial charge in [0.2, 0.25) is 0 Å². The van der Waals surface area contributed by atoms with Crippen LogP contribution in [0.2, 0.25) is 0 Å². The highest BCUT2D eigenvalue weighted by Crippen LogP contribution is 2.24. The van der Waals surface area contributed by atoms with E-state index in [9.17, 15) is 9.18 Å². The van der Waals surface area contributed by atoms with Gasteiger partial charge in [0.1, 0.15) is 11.6 Å². The zero-order valence-electron chi connectivity index (χ0n) is 10.6. The monoisotopic (exact) mass is 338 g/mol. The predicted octanol–water partition coefficient (Wildman–Crippen LogP) is 4.24. The number of hydrogen-bond acceptors (Lipinski definition) is 2. The van der Waals surface area contributed by atoms with Crippen molar-refractivity contribution in [1.29, 1.82) is 0 Å². The van der Waals surface area contributed by atoms with E-state index in [-0.39, 0.29) is 5.69 Å². The largest absolute Gasteiger partial charge is 0.495 e. The van der Waals surface area contributed by atoms with Crippen LogP contribution in [0.1, 0.15) is 0 Å². The van der Waals surface area contributed by atoms with Gasteiger partial charge in [-0.05, 0) is 30.3 Å². The van der Waals surface area contributed by atoms with Crippen molar-refractivity contribution in [1.82, 2.24) is 0 Å². The predicted molar refractivity (Wildman–Crippen MR) is 79.7 cm³/mol. The molecule has 2 rings (SSSR count). The van der Waals surface area contributed by atoms with Gasteiger partial charge in [-0.1, -0.05) is 28.1 Å². The fraction of sp³-hybridized carbons (Fsp3) is 0.0714. The summed E-state index contributed by atoms with van der Waals surface area (Å²) in [6.45, 7) is 0. The van der Waals surface area contributed by atoms with E-state index in [1.165, 1.54) is 19.2 Å². The second kappa shape index (κ2) is 6.38. The third-order valence-corrected chi connectivity index (χ3v) is 3.03. The lowest BCUT2D eigenvalue weighted by Crippen LogP contribution is -2.20. The molecular formula is C14H12BrFN2O2. The van der Waals surface area contributed by atoms with Crippen LogP contribution in [0.3, 0.4) is 0 Å². The van der Waals surface area contributed by atoms with Crippen molar-refractivity contribution >= 4 is 33.3 Å². The highest BCUT2D eigenvalue weighted by Gasteiger charge is 2.09. The van der Waals surface area contributed by atoms with Crippen LogP contribution in [0, 0.1) is 5.82 Å². The van der Waals surface area contributed by atoms with Gasteiger partial charge in [-0.25, -0.2) is 9.18 Å². The van der Waals surface area contributed by atoms with E-state index >= 15 is 0 Å². The van der Waals surface area contributed by atoms with Crippen molar-refractivity contribution in [3.05, 3.63) is 52.8 Å². The van der Waals surface area contributed by atoms with E-state index in [0.717, 1.165) is 0 Å². The topological polar surface area (TPSA) is 50.4 Å². The number of para-hydroxylation sites is 2. The molecule has 0 heterocycles. The first-order chi connectivity index (χ1) is 9.60. The van der Waals surface area contributed by atoms with Gasteiger partial charge in [0.15, 0.2) is 0 Å². The van der Waals surface area contributed by atoms with Crippen LogP contribution in [0.15, 0.2) is 46.9 Å². The van der Waals surface area contributed by atoms with Crippen LogP contribution in [0.4, 0.5) is 20.6 Å². The van der Waals surface area contributed by atoms with Crippen LogP contribution < -0.4 is 15.4 Å². The van der Waals surface area contributed by atoms with Crippen LogP contribution in [0.25, 0.3) is 0 Å². The number of amides is 2. The minimum atomic E-state index is -0.546. The Hall–Kier alpha value is -2.08. The molecule has 0 fully saturated rings. The summed E-state index contributed by atoms with van der Waals surface area (Å²) in [5.41, 5.74) is 0.602. The molecule has 6 heteroatoms. The smallest absolute Gasteiger partial charge is 0.323 e. The Labute approximate surface area is 124 Å². The van der Waals surface area contributed by atoms with E-state index in [1.54, 1.807) is 30.3 Å². The number of urea groups is 1. The Morgan fingerprint density at radius 1 is 1.15 bits per heavy atom. The number of rotatable bonds is 3. The number of nitrogens with one attached hydrogen (secondary N) is 2. The molecule has 104 valence electrons. The van der Waals surface area contributed by atoms with Gasteiger partial charge in [0, 0.05) is 4.47 Å². The summed E-state index contributed by atoms with van der Waals surface area (Å²) in [6, 6.07) is 10.8. The van der Waals surface area contributed by atoms with Crippen LogP contribution in [0.5, 0.6) is 5.75 Å². The molecule has 0 saturated carbocycles. The fourth-order valence-electron chi connectivity index (χ4n) is 1.61. The standard InChI is InChI=1S/C14H12BrFN2O2/c1-20-13-5-3-2-4-12(13)18-14(19)17-11-7-6-9(15)8-10(11)16/h2-8H,1H3,(H2,17,18,19). The highest BCUT2D eigenvalue weighted by molar-refractivity contribution is 9.10. The summed E-state index contributed by atoms with van der Waals surface area (Å²) >= 11 is 3.15. The lowest BCUT2D eigenvalue weighted by molar-refractivity contribution is 0.262. The third kappa shape index (κ3) is 3.48. The van der Waals surface area contributed by atoms with Crippen molar-refractivity contribution in [2.24, 2.45) is 0 Å². The fourth-order valence-corrected chi connectivity index (χ4v) is 1.95. The molecule has 2 aromatic rings. The molecule has 4 nitrogen and oxygen atoms in total. The van der Waals surface area contributed by atoms with E-state index in [4.69, 9.17) is 4.74 Å². The Bertz CT molecular complexity index is 634. The molecule has 2 amide bonds. The maximum Gasteiger partial charge on any atom is 0.323 e. The number of carbonyl (C=O) groups excluding carboxylic acids is 1. The van der Waals surface area contributed by atoms with Gasteiger partial charge in [-0.2, -0.15) is 0 Å². The zero-order chi connectivity index (χ0) is 14.5. The number of hydrogen-bond donors (Lipinski definition) is 2. The number of benzene rings is 2. The van der Waals surface area contributed by atoms with Crippen molar-refractivity contribution in [2.75, 3.05) is 17.7 Å². The molecule has 0 aliphatic carbocycles. The summed E-state index contributed by atoms with van der Waals surface area (Å²) in [4.78, 5) is 11.8. The zero-order valence-corrected chi connectivity index (χ0v) is 12.2. The summed E-state index contributed by atoms with van der Waals surface area (Å²) in [7, 11) is 1.51. The van der Waals surface area contributed by atoms with E-state index in [0.29, 0.717) is 15.9 Å². The normalized spacial score (nSPS) is 9.95. The number of methoxy groups -OCH3 is 1. The van der Waals surface area contributed by atoms with Crippen molar-refractivity contribution in [3.8, 4) is 5.75 Å². The van der Waals surface area contributed by atoms with Gasteiger partial charge >= 0.3 is 6.03 Å². The lowest BCUT2D eigenvalue weighted by Gasteiger charge is -2.11. The summed E-state index contributed by atoms with van der Waals surface area (Å²) in [6.07, 6.45) is 0. The molecule has 0 aliphatic rings. The third-order valence-electron chi connectivity index (χ3n) is 2.53. The Balaban J connectivity index is 2.09. The first-order valence-electron chi connectivity index (χ1n) is 5.76. The summed E-state index contributed by atoms with van der Waals surface area (Å²) in [5.74, 6) is 0.00785. The maximum absolute atomic E-state index is 13.6. The highest BCUT2D eigenvalue weighted by atomic mass is 79.9. The van der Waals surface area contributed by atoms with E-state index in [2.05, 4.69) is 26.6 Å². The number of anilines is 2. The van der Waals surface area contributed by atoms with Crippen LogP contribution in [-0.2, 0) is 0 Å². The molecule has 0 bridgehead atoms. The van der Waals surface area contributed by atoms with Crippen molar-refractivity contribution in [2.45, 2.75) is 0 Å². The van der Waals surface area contributed by atoms with Crippen molar-refractivity contribution < 1.29 is 13.9 Å². The van der Waals surface area contributed by atoms with Gasteiger partial charge in [0.25, 0.3) is 0 Å². The Kier molecular flexibility index (Phi) is 4.57. The summed E-state index contributed by atoms with van der Waals surface area (Å²) < 4.78 is 19.3. The average Bonchev–Trinajstić information content (AvgIpc) is 2.42.